The number of hydrogen-bond donors (Lipinski definition) is 0. The standard InChI is InChI=1S/C19H23N5O2/c1-14(2)16-12-18(24-17(21-16)4-6-20-24)22-7-3-8-23(10-9-22)19(25)15-5-11-26-13-15/h4-6,11-14H,3,7-10H2,1-2H3. The van der Waals surface area contributed by atoms with Crippen molar-refractivity contribution in [2.24, 2.45) is 0 Å². The van der Waals surface area contributed by atoms with E-state index < -0.39 is 0 Å². The Bertz CT molecular complexity index is 900. The average molecular weight is 353 g/mol. The van der Waals surface area contributed by atoms with Gasteiger partial charge < -0.3 is 14.2 Å². The maximum Gasteiger partial charge on any atom is 0.257 e. The SMILES string of the molecule is CC(C)c1cc(N2CCCN(C(=O)c3ccoc3)CC2)n2nccc2n1. The van der Waals surface area contributed by atoms with E-state index in [4.69, 9.17) is 4.42 Å². The summed E-state index contributed by atoms with van der Waals surface area (Å²) in [6.45, 7) is 7.35. The van der Waals surface area contributed by atoms with Gasteiger partial charge in [-0.2, -0.15) is 9.61 Å². The van der Waals surface area contributed by atoms with Crippen molar-refractivity contribution in [3.63, 3.8) is 0 Å². The maximum absolute atomic E-state index is 12.6. The van der Waals surface area contributed by atoms with Crippen LogP contribution in [-0.2, 0) is 0 Å². The molecule has 0 N–H and O–H groups in total. The first kappa shape index (κ1) is 16.6. The second kappa shape index (κ2) is 6.82. The molecule has 0 spiro atoms. The van der Waals surface area contributed by atoms with Gasteiger partial charge in [-0.05, 0) is 18.4 Å². The summed E-state index contributed by atoms with van der Waals surface area (Å²) in [7, 11) is 0. The molecule has 136 valence electrons. The Morgan fingerprint density at radius 3 is 2.85 bits per heavy atom. The highest BCUT2D eigenvalue weighted by Gasteiger charge is 2.23. The summed E-state index contributed by atoms with van der Waals surface area (Å²) in [4.78, 5) is 21.5. The number of aromatic nitrogens is 3. The highest BCUT2D eigenvalue weighted by atomic mass is 16.3. The molecule has 0 radical (unpaired) electrons. The lowest BCUT2D eigenvalue weighted by atomic mass is 10.1. The quantitative estimate of drug-likeness (QED) is 0.724. The van der Waals surface area contributed by atoms with Crippen molar-refractivity contribution in [3.05, 3.63) is 48.2 Å². The Balaban J connectivity index is 1.59. The molecule has 4 rings (SSSR count). The number of nitrogens with zero attached hydrogens (tertiary/aromatic N) is 5. The highest BCUT2D eigenvalue weighted by molar-refractivity contribution is 5.93. The number of anilines is 1. The Labute approximate surface area is 152 Å². The van der Waals surface area contributed by atoms with Gasteiger partial charge in [-0.25, -0.2) is 4.98 Å². The number of hydrogen-bond acceptors (Lipinski definition) is 5. The van der Waals surface area contributed by atoms with Crippen LogP contribution in [0, 0.1) is 0 Å². The van der Waals surface area contributed by atoms with Gasteiger partial charge in [0.05, 0.1) is 18.0 Å². The van der Waals surface area contributed by atoms with Crippen LogP contribution in [0.3, 0.4) is 0 Å². The summed E-state index contributed by atoms with van der Waals surface area (Å²) in [5.41, 5.74) is 2.53. The summed E-state index contributed by atoms with van der Waals surface area (Å²) in [6.07, 6.45) is 5.74. The molecule has 4 heterocycles. The van der Waals surface area contributed by atoms with Crippen LogP contribution in [0.4, 0.5) is 5.82 Å². The van der Waals surface area contributed by atoms with E-state index in [2.05, 4.69) is 34.9 Å². The zero-order valence-electron chi connectivity index (χ0n) is 15.1. The van der Waals surface area contributed by atoms with Gasteiger partial charge in [-0.15, -0.1) is 0 Å². The molecule has 1 saturated heterocycles. The number of carbonyl (C=O) groups excluding carboxylic acids is 1. The molecule has 0 aliphatic carbocycles. The summed E-state index contributed by atoms with van der Waals surface area (Å²) < 4.78 is 6.93. The van der Waals surface area contributed by atoms with Crippen molar-refractivity contribution in [2.45, 2.75) is 26.2 Å². The van der Waals surface area contributed by atoms with Crippen LogP contribution in [0.5, 0.6) is 0 Å². The smallest absolute Gasteiger partial charge is 0.257 e. The molecule has 1 aliphatic rings. The first-order chi connectivity index (χ1) is 12.6. The number of rotatable bonds is 3. The maximum atomic E-state index is 12.6. The highest BCUT2D eigenvalue weighted by Crippen LogP contribution is 2.23. The van der Waals surface area contributed by atoms with Gasteiger partial charge >= 0.3 is 0 Å². The van der Waals surface area contributed by atoms with Gasteiger partial charge in [0, 0.05) is 44.0 Å². The van der Waals surface area contributed by atoms with Crippen LogP contribution in [-0.4, -0.2) is 51.6 Å². The molecule has 1 aliphatic heterocycles. The van der Waals surface area contributed by atoms with Gasteiger partial charge in [-0.3, -0.25) is 4.79 Å². The van der Waals surface area contributed by atoms with E-state index in [9.17, 15) is 4.79 Å². The molecule has 1 fully saturated rings. The monoisotopic (exact) mass is 353 g/mol. The summed E-state index contributed by atoms with van der Waals surface area (Å²) >= 11 is 0. The fourth-order valence-corrected chi connectivity index (χ4v) is 3.35. The van der Waals surface area contributed by atoms with Crippen molar-refractivity contribution in [1.29, 1.82) is 0 Å². The Morgan fingerprint density at radius 1 is 1.19 bits per heavy atom. The van der Waals surface area contributed by atoms with Gasteiger partial charge in [-0.1, -0.05) is 13.8 Å². The molecule has 7 nitrogen and oxygen atoms in total. The normalized spacial score (nSPS) is 15.7. The molecular formula is C19H23N5O2. The van der Waals surface area contributed by atoms with Crippen LogP contribution in [0.2, 0.25) is 0 Å². The van der Waals surface area contributed by atoms with E-state index in [1.807, 2.05) is 15.5 Å². The first-order valence-corrected chi connectivity index (χ1v) is 9.04. The van der Waals surface area contributed by atoms with Crippen LogP contribution in [0.15, 0.2) is 41.3 Å². The number of furan rings is 1. The van der Waals surface area contributed by atoms with Gasteiger partial charge in [0.1, 0.15) is 12.1 Å². The predicted octanol–water partition coefficient (Wildman–Crippen LogP) is 2.80. The molecule has 0 aromatic carbocycles. The number of amides is 1. The van der Waals surface area contributed by atoms with E-state index in [0.29, 0.717) is 18.0 Å². The predicted molar refractivity (Wildman–Crippen MR) is 98.5 cm³/mol. The summed E-state index contributed by atoms with van der Waals surface area (Å²) in [6, 6.07) is 5.77. The van der Waals surface area contributed by atoms with E-state index in [0.717, 1.165) is 43.2 Å². The van der Waals surface area contributed by atoms with Crippen LogP contribution in [0.1, 0.15) is 42.2 Å². The largest absolute Gasteiger partial charge is 0.472 e. The van der Waals surface area contributed by atoms with Gasteiger partial charge in [0.2, 0.25) is 0 Å². The minimum Gasteiger partial charge on any atom is -0.472 e. The molecule has 0 unspecified atom stereocenters. The Kier molecular flexibility index (Phi) is 4.36. The molecule has 0 saturated carbocycles. The lowest BCUT2D eigenvalue weighted by Crippen LogP contribution is -2.35. The minimum absolute atomic E-state index is 0.0300. The Hall–Kier alpha value is -2.83. The third-order valence-corrected chi connectivity index (χ3v) is 4.83. The summed E-state index contributed by atoms with van der Waals surface area (Å²) in [5.74, 6) is 1.42. The van der Waals surface area contributed by atoms with Crippen molar-refractivity contribution in [1.82, 2.24) is 19.5 Å². The molecule has 26 heavy (non-hydrogen) atoms. The van der Waals surface area contributed by atoms with E-state index in [1.54, 1.807) is 12.3 Å². The van der Waals surface area contributed by atoms with Crippen LogP contribution < -0.4 is 4.90 Å². The number of carbonyl (C=O) groups is 1. The van der Waals surface area contributed by atoms with Gasteiger partial charge in [0.15, 0.2) is 5.65 Å². The molecule has 3 aromatic rings. The van der Waals surface area contributed by atoms with Crippen molar-refractivity contribution in [3.8, 4) is 0 Å². The average Bonchev–Trinajstić information content (AvgIpc) is 3.27. The zero-order valence-corrected chi connectivity index (χ0v) is 15.1. The minimum atomic E-state index is 0.0300. The Morgan fingerprint density at radius 2 is 2.08 bits per heavy atom. The van der Waals surface area contributed by atoms with Crippen LogP contribution >= 0.6 is 0 Å². The fourth-order valence-electron chi connectivity index (χ4n) is 3.35. The summed E-state index contributed by atoms with van der Waals surface area (Å²) in [5, 5.41) is 4.44. The number of fused-ring (bicyclic) bond motifs is 1. The van der Waals surface area contributed by atoms with E-state index >= 15 is 0 Å². The molecule has 0 atom stereocenters. The zero-order chi connectivity index (χ0) is 18.1. The molecule has 1 amide bonds. The molecule has 3 aromatic heterocycles. The lowest BCUT2D eigenvalue weighted by molar-refractivity contribution is 0.0766. The topological polar surface area (TPSA) is 66.9 Å². The fraction of sp³-hybridized carbons (Fsp3) is 0.421. The van der Waals surface area contributed by atoms with E-state index in [-0.39, 0.29) is 5.91 Å². The third kappa shape index (κ3) is 3.05. The third-order valence-electron chi connectivity index (χ3n) is 4.83. The molecular weight excluding hydrogens is 330 g/mol. The lowest BCUT2D eigenvalue weighted by Gasteiger charge is -2.24. The van der Waals surface area contributed by atoms with Crippen molar-refractivity contribution in [2.75, 3.05) is 31.1 Å². The van der Waals surface area contributed by atoms with Gasteiger partial charge in [0.25, 0.3) is 5.91 Å². The van der Waals surface area contributed by atoms with Crippen molar-refractivity contribution >= 4 is 17.4 Å². The second-order valence-corrected chi connectivity index (χ2v) is 6.94. The van der Waals surface area contributed by atoms with Crippen LogP contribution in [0.25, 0.3) is 5.65 Å². The molecule has 0 bridgehead atoms. The van der Waals surface area contributed by atoms with E-state index in [1.165, 1.54) is 12.5 Å². The second-order valence-electron chi connectivity index (χ2n) is 6.94. The van der Waals surface area contributed by atoms with Crippen molar-refractivity contribution < 1.29 is 9.21 Å². The first-order valence-electron chi connectivity index (χ1n) is 9.04. The molecule has 7 heteroatoms.